The van der Waals surface area contributed by atoms with Crippen molar-refractivity contribution in [2.75, 3.05) is 19.8 Å². The standard InChI is InChI=1S/C42H68O13/c1-21-28(46)33(55-34-31(49)30(48)29(47)22(18-43)53-34)32(50)35(52-21)54-27-10-11-37(4)23(38(27,5)19-44)8-12-39(6)24(37)9-13-42-25-16-36(2,3)14-15-41(25,20-51-42)26(45)17-40(39,42)7/h9,13,21-35,43-50H,8,10-12,14-20H2,1-7H3/t21-,22-,23-,24-,25+,26-,27+,28+,29-,30+,31-,32-,33+,34+,35+,37+,38+,39-,40+,41-,42+/m1/s1. The molecule has 13 heteroatoms. The van der Waals surface area contributed by atoms with Crippen LogP contribution in [0.1, 0.15) is 99.8 Å². The van der Waals surface area contributed by atoms with Crippen LogP contribution in [0, 0.1) is 50.2 Å². The Morgan fingerprint density at radius 1 is 0.727 bits per heavy atom. The fourth-order valence-corrected chi connectivity index (χ4v) is 14.3. The maximum Gasteiger partial charge on any atom is 0.187 e. The summed E-state index contributed by atoms with van der Waals surface area (Å²) < 4.78 is 31.2. The lowest BCUT2D eigenvalue weighted by Crippen LogP contribution is -2.72. The Hall–Kier alpha value is -0.780. The lowest BCUT2D eigenvalue weighted by molar-refractivity contribution is -0.367. The van der Waals surface area contributed by atoms with Crippen LogP contribution in [-0.2, 0) is 23.7 Å². The topological polar surface area (TPSA) is 208 Å². The van der Waals surface area contributed by atoms with E-state index in [1.165, 1.54) is 0 Å². The predicted molar refractivity (Wildman–Crippen MR) is 197 cm³/mol. The van der Waals surface area contributed by atoms with Gasteiger partial charge in [0.25, 0.3) is 0 Å². The van der Waals surface area contributed by atoms with Gasteiger partial charge in [-0.25, -0.2) is 0 Å². The SMILES string of the molecule is C[C@H]1O[C@@H](O[C@H]2CC[C@@]3(C)[C@@H](CC[C@]4(C)[C@@H]3C=C[C@]35OC[C@@]6(CCC(C)(C)C[C@@H]63)[C@H](O)C[C@]54C)[C@]2(C)CO)[C@H](O)[C@@H](O[C@@H]2O[C@H](CO)[C@@H](O)[C@H](O)[C@H]2O)[C@H]1O. The van der Waals surface area contributed by atoms with E-state index < -0.39 is 91.2 Å². The van der Waals surface area contributed by atoms with Gasteiger partial charge in [0.1, 0.15) is 42.7 Å². The van der Waals surface area contributed by atoms with Crippen molar-refractivity contribution in [2.45, 2.75) is 179 Å². The third-order valence-corrected chi connectivity index (χ3v) is 17.9. The van der Waals surface area contributed by atoms with Gasteiger partial charge in [0.2, 0.25) is 0 Å². The number of ether oxygens (including phenoxy) is 5. The fraction of sp³-hybridized carbons (Fsp3) is 0.952. The highest BCUT2D eigenvalue weighted by atomic mass is 16.7. The van der Waals surface area contributed by atoms with Crippen molar-refractivity contribution in [3.63, 3.8) is 0 Å². The first kappa shape index (κ1) is 41.0. The molecule has 13 nitrogen and oxygen atoms in total. The van der Waals surface area contributed by atoms with Crippen LogP contribution < -0.4 is 0 Å². The molecule has 314 valence electrons. The second kappa shape index (κ2) is 13.4. The molecule has 0 aromatic rings. The predicted octanol–water partition coefficient (Wildman–Crippen LogP) is 1.78. The van der Waals surface area contributed by atoms with Crippen molar-refractivity contribution in [1.29, 1.82) is 0 Å². The van der Waals surface area contributed by atoms with Crippen molar-refractivity contribution >= 4 is 0 Å². The van der Waals surface area contributed by atoms with Crippen LogP contribution in [-0.4, -0.2) is 140 Å². The summed E-state index contributed by atoms with van der Waals surface area (Å²) in [5, 5.41) is 87.0. The molecule has 2 bridgehead atoms. The molecule has 3 aliphatic heterocycles. The summed E-state index contributed by atoms with van der Waals surface area (Å²) in [7, 11) is 0. The van der Waals surface area contributed by atoms with Crippen molar-refractivity contribution in [3.05, 3.63) is 12.2 Å². The molecule has 4 saturated carbocycles. The zero-order chi connectivity index (χ0) is 39.9. The summed E-state index contributed by atoms with van der Waals surface area (Å²) in [5.74, 6) is 0.449. The summed E-state index contributed by atoms with van der Waals surface area (Å²) in [5.41, 5.74) is -1.90. The monoisotopic (exact) mass is 780 g/mol. The van der Waals surface area contributed by atoms with E-state index in [2.05, 4.69) is 53.7 Å². The summed E-state index contributed by atoms with van der Waals surface area (Å²) >= 11 is 0. The van der Waals surface area contributed by atoms with Gasteiger partial charge >= 0.3 is 0 Å². The highest BCUT2D eigenvalue weighted by Crippen LogP contribution is 2.79. The zero-order valence-electron chi connectivity index (χ0n) is 33.7. The Bertz CT molecular complexity index is 1490. The van der Waals surface area contributed by atoms with E-state index in [0.29, 0.717) is 19.4 Å². The smallest absolute Gasteiger partial charge is 0.187 e. The van der Waals surface area contributed by atoms with E-state index in [1.807, 2.05) is 0 Å². The lowest BCUT2D eigenvalue weighted by Gasteiger charge is -2.73. The van der Waals surface area contributed by atoms with Crippen LogP contribution in [0.3, 0.4) is 0 Å². The molecule has 0 radical (unpaired) electrons. The molecular formula is C42H68O13. The maximum atomic E-state index is 12.1. The average Bonchev–Trinajstić information content (AvgIpc) is 3.41. The van der Waals surface area contributed by atoms with Gasteiger partial charge in [-0.2, -0.15) is 0 Å². The van der Waals surface area contributed by atoms with Crippen molar-refractivity contribution in [1.82, 2.24) is 0 Å². The highest BCUT2D eigenvalue weighted by molar-refractivity contribution is 5.36. The zero-order valence-corrected chi connectivity index (χ0v) is 33.7. The number of hydrogen-bond donors (Lipinski definition) is 8. The van der Waals surface area contributed by atoms with Gasteiger partial charge in [0.15, 0.2) is 12.6 Å². The van der Waals surface area contributed by atoms with E-state index in [0.717, 1.165) is 38.5 Å². The first-order valence-corrected chi connectivity index (χ1v) is 20.9. The van der Waals surface area contributed by atoms with Gasteiger partial charge in [0, 0.05) is 22.2 Å². The molecule has 0 aromatic carbocycles. The van der Waals surface area contributed by atoms with E-state index in [-0.39, 0.29) is 51.4 Å². The largest absolute Gasteiger partial charge is 0.396 e. The van der Waals surface area contributed by atoms with E-state index >= 15 is 0 Å². The minimum atomic E-state index is -1.72. The summed E-state index contributed by atoms with van der Waals surface area (Å²) in [6, 6.07) is 0. The van der Waals surface area contributed by atoms with Crippen LogP contribution >= 0.6 is 0 Å². The highest BCUT2D eigenvalue weighted by Gasteiger charge is 2.79. The number of fused-ring (bicyclic) bond motifs is 4. The quantitative estimate of drug-likeness (QED) is 0.143. The first-order chi connectivity index (χ1) is 25.7. The number of hydrogen-bond acceptors (Lipinski definition) is 13. The van der Waals surface area contributed by atoms with Crippen LogP contribution in [0.2, 0.25) is 0 Å². The van der Waals surface area contributed by atoms with Gasteiger partial charge in [-0.15, -0.1) is 0 Å². The summed E-state index contributed by atoms with van der Waals surface area (Å²) in [4.78, 5) is 0. The van der Waals surface area contributed by atoms with Gasteiger partial charge in [-0.05, 0) is 86.4 Å². The molecule has 8 aliphatic rings. The Balaban J connectivity index is 1.05. The van der Waals surface area contributed by atoms with Gasteiger partial charge < -0.3 is 64.5 Å². The molecule has 21 atom stereocenters. The van der Waals surface area contributed by atoms with E-state index in [4.69, 9.17) is 23.7 Å². The van der Waals surface area contributed by atoms with E-state index in [9.17, 15) is 40.9 Å². The molecule has 8 rings (SSSR count). The molecule has 5 aliphatic carbocycles. The molecule has 7 fully saturated rings. The van der Waals surface area contributed by atoms with Crippen LogP contribution in [0.4, 0.5) is 0 Å². The normalized spacial score (nSPS) is 59.7. The molecule has 3 heterocycles. The second-order valence-corrected chi connectivity index (χ2v) is 21.0. The van der Waals surface area contributed by atoms with Crippen molar-refractivity contribution < 1.29 is 64.5 Å². The van der Waals surface area contributed by atoms with Crippen LogP contribution in [0.5, 0.6) is 0 Å². The summed E-state index contributed by atoms with van der Waals surface area (Å²) in [6.45, 7) is 15.4. The first-order valence-electron chi connectivity index (χ1n) is 20.9. The molecule has 0 aromatic heterocycles. The number of rotatable bonds is 6. The molecule has 8 N–H and O–H groups in total. The summed E-state index contributed by atoms with van der Waals surface area (Å²) in [6.07, 6.45) is -3.39. The maximum absolute atomic E-state index is 12.1. The molecule has 0 unspecified atom stereocenters. The minimum Gasteiger partial charge on any atom is -0.396 e. The second-order valence-electron chi connectivity index (χ2n) is 21.0. The third-order valence-electron chi connectivity index (χ3n) is 17.9. The van der Waals surface area contributed by atoms with Crippen LogP contribution in [0.25, 0.3) is 0 Å². The van der Waals surface area contributed by atoms with Gasteiger partial charge in [0.05, 0.1) is 43.7 Å². The molecule has 0 amide bonds. The Labute approximate surface area is 325 Å². The van der Waals surface area contributed by atoms with Crippen molar-refractivity contribution in [2.24, 2.45) is 50.2 Å². The molecule has 3 saturated heterocycles. The molecule has 55 heavy (non-hydrogen) atoms. The van der Waals surface area contributed by atoms with Crippen LogP contribution in [0.15, 0.2) is 12.2 Å². The number of aliphatic hydroxyl groups is 8. The minimum absolute atomic E-state index is 0.0414. The molecular weight excluding hydrogens is 712 g/mol. The Morgan fingerprint density at radius 2 is 1.44 bits per heavy atom. The number of aliphatic hydroxyl groups excluding tert-OH is 8. The lowest BCUT2D eigenvalue weighted by atomic mass is 9.32. The fourth-order valence-electron chi connectivity index (χ4n) is 14.3. The van der Waals surface area contributed by atoms with Crippen molar-refractivity contribution in [3.8, 4) is 0 Å². The van der Waals surface area contributed by atoms with E-state index in [1.54, 1.807) is 6.92 Å². The molecule has 1 spiro atoms. The Morgan fingerprint density at radius 3 is 2.13 bits per heavy atom. The Kier molecular flexibility index (Phi) is 9.95. The van der Waals surface area contributed by atoms with Gasteiger partial charge in [-0.3, -0.25) is 0 Å². The average molecular weight is 781 g/mol. The van der Waals surface area contributed by atoms with Gasteiger partial charge in [-0.1, -0.05) is 53.7 Å². The third kappa shape index (κ3) is 5.44. The number of allylic oxidation sites excluding steroid dienone is 1.